The van der Waals surface area contributed by atoms with Gasteiger partial charge in [0.15, 0.2) is 0 Å². The second kappa shape index (κ2) is 5.37. The number of carbonyl (C=O) groups excluding carboxylic acids is 2. The van der Waals surface area contributed by atoms with Gasteiger partial charge in [-0.05, 0) is 30.5 Å². The molecule has 1 aromatic rings. The zero-order valence-electron chi connectivity index (χ0n) is 11.6. The number of carboxylic acid groups (broad SMARTS) is 1. The predicted molar refractivity (Wildman–Crippen MR) is 76.0 cm³/mol. The lowest BCUT2D eigenvalue weighted by Gasteiger charge is -2.26. The lowest BCUT2D eigenvalue weighted by atomic mass is 9.86. The number of imide groups is 1. The maximum Gasteiger partial charge on any atom is 0.325 e. The third-order valence-electron chi connectivity index (χ3n) is 3.65. The fraction of sp³-hybridized carbons (Fsp3) is 0.357. The minimum atomic E-state index is -1.24. The molecule has 1 heterocycles. The fourth-order valence-corrected chi connectivity index (χ4v) is 2.57. The smallest absolute Gasteiger partial charge is 0.325 e. The lowest BCUT2D eigenvalue weighted by molar-refractivity contribution is -0.143. The highest BCUT2D eigenvalue weighted by Gasteiger charge is 2.51. The van der Waals surface area contributed by atoms with E-state index in [2.05, 4.69) is 5.32 Å². The molecule has 1 aliphatic heterocycles. The van der Waals surface area contributed by atoms with E-state index < -0.39 is 30.0 Å². The van der Waals surface area contributed by atoms with Crippen LogP contribution in [-0.4, -0.2) is 34.5 Å². The monoisotopic (exact) mass is 310 g/mol. The van der Waals surface area contributed by atoms with E-state index in [1.54, 1.807) is 32.0 Å². The quantitative estimate of drug-likeness (QED) is 0.831. The van der Waals surface area contributed by atoms with Crippen molar-refractivity contribution >= 4 is 29.5 Å². The molecule has 3 amide bonds. The zero-order chi connectivity index (χ0) is 15.8. The Morgan fingerprint density at radius 2 is 2.10 bits per heavy atom. The van der Waals surface area contributed by atoms with Gasteiger partial charge in [-0.25, -0.2) is 4.79 Å². The molecule has 1 unspecified atom stereocenters. The van der Waals surface area contributed by atoms with Crippen molar-refractivity contribution in [1.82, 2.24) is 10.2 Å². The molecule has 1 saturated heterocycles. The summed E-state index contributed by atoms with van der Waals surface area (Å²) in [6.45, 7) is 2.90. The molecule has 112 valence electrons. The Kier molecular flexibility index (Phi) is 3.91. The molecule has 7 heteroatoms. The van der Waals surface area contributed by atoms with Crippen LogP contribution in [0.1, 0.15) is 24.5 Å². The number of nitrogens with one attached hydrogen (secondary N) is 1. The van der Waals surface area contributed by atoms with Gasteiger partial charge in [0.1, 0.15) is 12.1 Å². The van der Waals surface area contributed by atoms with Crippen molar-refractivity contribution in [2.75, 3.05) is 6.54 Å². The van der Waals surface area contributed by atoms with Crippen molar-refractivity contribution in [3.05, 3.63) is 34.3 Å². The summed E-state index contributed by atoms with van der Waals surface area (Å²) in [6, 6.07) is 4.36. The maximum atomic E-state index is 12.5. The number of aliphatic carboxylic acids is 1. The highest BCUT2D eigenvalue weighted by molar-refractivity contribution is 6.31. The van der Waals surface area contributed by atoms with Gasteiger partial charge in [-0.3, -0.25) is 14.5 Å². The Morgan fingerprint density at radius 3 is 2.62 bits per heavy atom. The van der Waals surface area contributed by atoms with Gasteiger partial charge in [0, 0.05) is 5.02 Å². The minimum Gasteiger partial charge on any atom is -0.480 e. The van der Waals surface area contributed by atoms with Gasteiger partial charge in [0.05, 0.1) is 0 Å². The van der Waals surface area contributed by atoms with E-state index in [1.807, 2.05) is 0 Å². The molecule has 0 radical (unpaired) electrons. The standard InChI is InChI=1S/C14H15ClN2O4/c1-3-14(9-4-5-10(15)8(2)6-9)12(20)17(7-11(18)19)13(21)16-14/h4-6H,3,7H2,1-2H3,(H,16,21)(H,18,19). The summed E-state index contributed by atoms with van der Waals surface area (Å²) in [4.78, 5) is 36.0. The maximum absolute atomic E-state index is 12.5. The van der Waals surface area contributed by atoms with Crippen molar-refractivity contribution in [1.29, 1.82) is 0 Å². The number of rotatable bonds is 4. The summed E-state index contributed by atoms with van der Waals surface area (Å²) in [5.41, 5.74) is 0.140. The van der Waals surface area contributed by atoms with E-state index in [1.165, 1.54) is 0 Å². The van der Waals surface area contributed by atoms with Crippen molar-refractivity contribution < 1.29 is 19.5 Å². The summed E-state index contributed by atoms with van der Waals surface area (Å²) in [7, 11) is 0. The Hall–Kier alpha value is -2.08. The van der Waals surface area contributed by atoms with Gasteiger partial charge >= 0.3 is 12.0 Å². The molecule has 1 fully saturated rings. The van der Waals surface area contributed by atoms with Crippen molar-refractivity contribution in [3.63, 3.8) is 0 Å². The highest BCUT2D eigenvalue weighted by Crippen LogP contribution is 2.34. The topological polar surface area (TPSA) is 86.7 Å². The van der Waals surface area contributed by atoms with Gasteiger partial charge < -0.3 is 10.4 Å². The molecular weight excluding hydrogens is 296 g/mol. The number of nitrogens with zero attached hydrogens (tertiary/aromatic N) is 1. The van der Waals surface area contributed by atoms with Gasteiger partial charge in [0.2, 0.25) is 0 Å². The summed E-state index contributed by atoms with van der Waals surface area (Å²) in [5.74, 6) is -1.79. The summed E-state index contributed by atoms with van der Waals surface area (Å²) in [5, 5.41) is 12.0. The number of amides is 3. The number of hydrogen-bond acceptors (Lipinski definition) is 3. The van der Waals surface area contributed by atoms with E-state index in [0.717, 1.165) is 10.5 Å². The van der Waals surface area contributed by atoms with Crippen LogP contribution < -0.4 is 5.32 Å². The normalized spacial score (nSPS) is 21.6. The second-order valence-electron chi connectivity index (χ2n) is 4.94. The molecule has 2 rings (SSSR count). The largest absolute Gasteiger partial charge is 0.480 e. The van der Waals surface area contributed by atoms with Crippen LogP contribution >= 0.6 is 11.6 Å². The van der Waals surface area contributed by atoms with E-state index in [0.29, 0.717) is 17.0 Å². The number of carboxylic acids is 1. The summed E-state index contributed by atoms with van der Waals surface area (Å²) >= 11 is 5.98. The molecule has 0 spiro atoms. The third kappa shape index (κ3) is 2.47. The SMILES string of the molecule is CCC1(c2ccc(Cl)c(C)c2)NC(=O)N(CC(=O)O)C1=O. The summed E-state index contributed by atoms with van der Waals surface area (Å²) < 4.78 is 0. The van der Waals surface area contributed by atoms with Crippen LogP contribution in [0.15, 0.2) is 18.2 Å². The van der Waals surface area contributed by atoms with Crippen LogP contribution in [0, 0.1) is 6.92 Å². The van der Waals surface area contributed by atoms with Crippen LogP contribution in [0.3, 0.4) is 0 Å². The van der Waals surface area contributed by atoms with Crippen molar-refractivity contribution in [2.45, 2.75) is 25.8 Å². The molecule has 1 atom stereocenters. The van der Waals surface area contributed by atoms with Crippen LogP contribution in [0.5, 0.6) is 0 Å². The van der Waals surface area contributed by atoms with Crippen LogP contribution in [0.4, 0.5) is 4.79 Å². The van der Waals surface area contributed by atoms with Crippen molar-refractivity contribution in [2.24, 2.45) is 0 Å². The minimum absolute atomic E-state index is 0.314. The third-order valence-corrected chi connectivity index (χ3v) is 4.07. The molecule has 2 N–H and O–H groups in total. The van der Waals surface area contributed by atoms with Crippen molar-refractivity contribution in [3.8, 4) is 0 Å². The van der Waals surface area contributed by atoms with Gasteiger partial charge in [-0.1, -0.05) is 30.7 Å². The fourth-order valence-electron chi connectivity index (χ4n) is 2.45. The Morgan fingerprint density at radius 1 is 1.43 bits per heavy atom. The Labute approximate surface area is 126 Å². The highest BCUT2D eigenvalue weighted by atomic mass is 35.5. The number of hydrogen-bond donors (Lipinski definition) is 2. The number of halogens is 1. The van der Waals surface area contributed by atoms with E-state index >= 15 is 0 Å². The zero-order valence-corrected chi connectivity index (χ0v) is 12.4. The number of benzene rings is 1. The average molecular weight is 311 g/mol. The summed E-state index contributed by atoms with van der Waals surface area (Å²) in [6.07, 6.45) is 0.314. The molecule has 0 saturated carbocycles. The first-order valence-corrected chi connectivity index (χ1v) is 6.82. The molecular formula is C14H15ClN2O4. The first-order valence-electron chi connectivity index (χ1n) is 6.44. The van der Waals surface area contributed by atoms with Gasteiger partial charge in [-0.15, -0.1) is 0 Å². The molecule has 1 aliphatic rings. The molecule has 0 aromatic heterocycles. The van der Waals surface area contributed by atoms with Crippen LogP contribution in [0.25, 0.3) is 0 Å². The Balaban J connectivity index is 2.47. The van der Waals surface area contributed by atoms with Crippen LogP contribution in [0.2, 0.25) is 5.02 Å². The van der Waals surface area contributed by atoms with E-state index in [9.17, 15) is 14.4 Å². The van der Waals surface area contributed by atoms with E-state index in [4.69, 9.17) is 16.7 Å². The van der Waals surface area contributed by atoms with Gasteiger partial charge in [-0.2, -0.15) is 0 Å². The Bertz CT molecular complexity index is 631. The predicted octanol–water partition coefficient (Wildman–Crippen LogP) is 1.89. The average Bonchev–Trinajstić information content (AvgIpc) is 2.66. The molecule has 6 nitrogen and oxygen atoms in total. The lowest BCUT2D eigenvalue weighted by Crippen LogP contribution is -2.44. The second-order valence-corrected chi connectivity index (χ2v) is 5.35. The first-order chi connectivity index (χ1) is 9.81. The van der Waals surface area contributed by atoms with E-state index in [-0.39, 0.29) is 0 Å². The molecule has 0 bridgehead atoms. The molecule has 1 aromatic carbocycles. The van der Waals surface area contributed by atoms with Gasteiger partial charge in [0.25, 0.3) is 5.91 Å². The number of urea groups is 1. The molecule has 0 aliphatic carbocycles. The first kappa shape index (κ1) is 15.3. The number of carbonyl (C=O) groups is 3. The van der Waals surface area contributed by atoms with Crippen LogP contribution in [-0.2, 0) is 15.1 Å². The number of aryl methyl sites for hydroxylation is 1. The molecule has 21 heavy (non-hydrogen) atoms.